The number of rotatable bonds is 3. The maximum absolute atomic E-state index is 2.40. The SMILES string of the molecule is c1ccc(-n2ccc3cc(-c4ccc5c(c4)c4ccccc4n5-c4ccccc4)c4ccc5c6ccccc6sc5c4c32)cc1. The number of aromatic nitrogens is 2. The molecule has 45 heavy (non-hydrogen) atoms. The predicted molar refractivity (Wildman–Crippen MR) is 193 cm³/mol. The van der Waals surface area contributed by atoms with E-state index in [0.717, 1.165) is 0 Å². The monoisotopic (exact) mass is 590 g/mol. The molecule has 7 aromatic carbocycles. The fourth-order valence-corrected chi connectivity index (χ4v) is 8.60. The highest BCUT2D eigenvalue weighted by Gasteiger charge is 2.19. The molecule has 0 aliphatic heterocycles. The molecule has 0 saturated carbocycles. The lowest BCUT2D eigenvalue weighted by atomic mass is 9.94. The summed E-state index contributed by atoms with van der Waals surface area (Å²) in [5.41, 5.74) is 8.56. The Bertz CT molecular complexity index is 2740. The molecular formula is C42H26N2S. The van der Waals surface area contributed by atoms with Crippen LogP contribution < -0.4 is 0 Å². The summed E-state index contributed by atoms with van der Waals surface area (Å²) >= 11 is 1.91. The van der Waals surface area contributed by atoms with Crippen molar-refractivity contribution in [1.82, 2.24) is 9.13 Å². The van der Waals surface area contributed by atoms with E-state index in [-0.39, 0.29) is 0 Å². The minimum Gasteiger partial charge on any atom is -0.316 e. The molecule has 0 radical (unpaired) electrons. The highest BCUT2D eigenvalue weighted by molar-refractivity contribution is 7.26. The highest BCUT2D eigenvalue weighted by Crippen LogP contribution is 2.45. The summed E-state index contributed by atoms with van der Waals surface area (Å²) in [7, 11) is 0. The second kappa shape index (κ2) is 9.43. The molecule has 0 unspecified atom stereocenters. The van der Waals surface area contributed by atoms with Crippen LogP contribution in [0.15, 0.2) is 158 Å². The lowest BCUT2D eigenvalue weighted by Crippen LogP contribution is -1.94. The van der Waals surface area contributed by atoms with Crippen molar-refractivity contribution in [3.05, 3.63) is 158 Å². The molecule has 10 rings (SSSR count). The van der Waals surface area contributed by atoms with Crippen LogP contribution in [0.3, 0.4) is 0 Å². The summed E-state index contributed by atoms with van der Waals surface area (Å²) in [5, 5.41) is 9.04. The predicted octanol–water partition coefficient (Wildman–Crippen LogP) is 11.9. The minimum atomic E-state index is 1.18. The molecule has 0 aliphatic carbocycles. The average molecular weight is 591 g/mol. The van der Waals surface area contributed by atoms with Gasteiger partial charge in [0.15, 0.2) is 0 Å². The van der Waals surface area contributed by atoms with Gasteiger partial charge in [0.1, 0.15) is 0 Å². The summed E-state index contributed by atoms with van der Waals surface area (Å²) < 4.78 is 7.42. The molecule has 0 bridgehead atoms. The molecule has 3 aromatic heterocycles. The van der Waals surface area contributed by atoms with Gasteiger partial charge in [0.05, 0.1) is 16.6 Å². The standard InChI is InChI=1S/C42H26N2S/c1-3-11-29(12-4-1)43-24-23-28-26-35(33-20-21-34-32-16-8-10-18-39(32)45-42(34)40(33)41(28)43)27-19-22-38-36(25-27)31-15-7-9-17-37(31)44(38)30-13-5-2-6-14-30/h1-26H. The number of thiophene rings is 1. The molecule has 0 spiro atoms. The zero-order valence-electron chi connectivity index (χ0n) is 24.3. The molecule has 0 amide bonds. The van der Waals surface area contributed by atoms with Gasteiger partial charge in [-0.2, -0.15) is 0 Å². The van der Waals surface area contributed by atoms with Crippen LogP contribution in [0.1, 0.15) is 0 Å². The molecule has 0 fully saturated rings. The fraction of sp³-hybridized carbons (Fsp3) is 0. The number of fused-ring (bicyclic) bond motifs is 10. The van der Waals surface area contributed by atoms with Crippen LogP contribution in [-0.2, 0) is 0 Å². The van der Waals surface area contributed by atoms with Gasteiger partial charge in [-0.1, -0.05) is 91.0 Å². The molecule has 0 aliphatic rings. The zero-order valence-corrected chi connectivity index (χ0v) is 25.1. The Morgan fingerprint density at radius 2 is 1.16 bits per heavy atom. The molecule has 10 aromatic rings. The Labute approximate surface area is 263 Å². The van der Waals surface area contributed by atoms with E-state index in [1.54, 1.807) is 0 Å². The Balaban J connectivity index is 1.32. The van der Waals surface area contributed by atoms with Crippen molar-refractivity contribution in [1.29, 1.82) is 0 Å². The zero-order chi connectivity index (χ0) is 29.5. The van der Waals surface area contributed by atoms with Crippen LogP contribution in [0.25, 0.3) is 86.2 Å². The van der Waals surface area contributed by atoms with E-state index in [0.29, 0.717) is 0 Å². The normalized spacial score (nSPS) is 12.0. The number of hydrogen-bond acceptors (Lipinski definition) is 1. The maximum atomic E-state index is 2.40. The largest absolute Gasteiger partial charge is 0.316 e. The first-order valence-electron chi connectivity index (χ1n) is 15.4. The van der Waals surface area contributed by atoms with E-state index in [1.807, 2.05) is 11.3 Å². The summed E-state index contributed by atoms with van der Waals surface area (Å²) in [5.74, 6) is 0. The highest BCUT2D eigenvalue weighted by atomic mass is 32.1. The Morgan fingerprint density at radius 1 is 0.467 bits per heavy atom. The van der Waals surface area contributed by atoms with Gasteiger partial charge in [-0.05, 0) is 77.2 Å². The van der Waals surface area contributed by atoms with E-state index in [2.05, 4.69) is 167 Å². The quantitative estimate of drug-likeness (QED) is 0.194. The van der Waals surface area contributed by atoms with Gasteiger partial charge in [-0.25, -0.2) is 0 Å². The number of hydrogen-bond donors (Lipinski definition) is 0. The molecule has 0 saturated heterocycles. The first-order valence-corrected chi connectivity index (χ1v) is 16.2. The third-order valence-corrected chi connectivity index (χ3v) is 10.5. The van der Waals surface area contributed by atoms with E-state index < -0.39 is 0 Å². The van der Waals surface area contributed by atoms with Gasteiger partial charge >= 0.3 is 0 Å². The topological polar surface area (TPSA) is 9.86 Å². The van der Waals surface area contributed by atoms with E-state index in [1.165, 1.54) is 86.2 Å². The van der Waals surface area contributed by atoms with Crippen molar-refractivity contribution in [2.75, 3.05) is 0 Å². The van der Waals surface area contributed by atoms with Gasteiger partial charge < -0.3 is 9.13 Å². The van der Waals surface area contributed by atoms with Crippen molar-refractivity contribution in [3.63, 3.8) is 0 Å². The first-order chi connectivity index (χ1) is 22.3. The Kier molecular flexibility index (Phi) is 5.19. The van der Waals surface area contributed by atoms with Crippen LogP contribution in [0.5, 0.6) is 0 Å². The summed E-state index contributed by atoms with van der Waals surface area (Å²) in [6.45, 7) is 0. The van der Waals surface area contributed by atoms with Crippen LogP contribution in [0.2, 0.25) is 0 Å². The summed E-state index contributed by atoms with van der Waals surface area (Å²) in [6, 6.07) is 55.3. The van der Waals surface area contributed by atoms with Gasteiger partial charge in [-0.3, -0.25) is 0 Å². The summed E-state index contributed by atoms with van der Waals surface area (Å²) in [6.07, 6.45) is 2.23. The fourth-order valence-electron chi connectivity index (χ4n) is 7.35. The molecule has 3 heteroatoms. The lowest BCUT2D eigenvalue weighted by Gasteiger charge is -2.14. The second-order valence-corrected chi connectivity index (χ2v) is 12.8. The van der Waals surface area contributed by atoms with Crippen molar-refractivity contribution in [3.8, 4) is 22.5 Å². The lowest BCUT2D eigenvalue weighted by molar-refractivity contribution is 1.13. The Morgan fingerprint density at radius 3 is 2.00 bits per heavy atom. The van der Waals surface area contributed by atoms with E-state index in [9.17, 15) is 0 Å². The van der Waals surface area contributed by atoms with Crippen LogP contribution in [0.4, 0.5) is 0 Å². The van der Waals surface area contributed by atoms with Crippen molar-refractivity contribution < 1.29 is 0 Å². The number of nitrogens with zero attached hydrogens (tertiary/aromatic N) is 2. The van der Waals surface area contributed by atoms with Crippen molar-refractivity contribution in [2.24, 2.45) is 0 Å². The van der Waals surface area contributed by atoms with E-state index >= 15 is 0 Å². The smallest absolute Gasteiger partial charge is 0.0621 e. The molecule has 0 atom stereocenters. The van der Waals surface area contributed by atoms with Gasteiger partial charge in [-0.15, -0.1) is 11.3 Å². The van der Waals surface area contributed by atoms with Crippen LogP contribution in [0, 0.1) is 0 Å². The maximum Gasteiger partial charge on any atom is 0.0621 e. The molecule has 0 N–H and O–H groups in total. The van der Waals surface area contributed by atoms with Crippen molar-refractivity contribution in [2.45, 2.75) is 0 Å². The second-order valence-electron chi connectivity index (χ2n) is 11.8. The number of benzene rings is 7. The molecular weight excluding hydrogens is 565 g/mol. The van der Waals surface area contributed by atoms with Gasteiger partial charge in [0, 0.05) is 59.3 Å². The molecule has 2 nitrogen and oxygen atoms in total. The third kappa shape index (κ3) is 3.56. The molecule has 3 heterocycles. The molecule has 210 valence electrons. The van der Waals surface area contributed by atoms with Crippen LogP contribution in [-0.4, -0.2) is 9.13 Å². The van der Waals surface area contributed by atoms with Gasteiger partial charge in [0.2, 0.25) is 0 Å². The Hall–Kier alpha value is -5.64. The summed E-state index contributed by atoms with van der Waals surface area (Å²) in [4.78, 5) is 0. The third-order valence-electron chi connectivity index (χ3n) is 9.32. The number of para-hydroxylation sites is 3. The minimum absolute atomic E-state index is 1.18. The average Bonchev–Trinajstić information content (AvgIpc) is 3.80. The van der Waals surface area contributed by atoms with Crippen molar-refractivity contribution >= 4 is 75.0 Å². The van der Waals surface area contributed by atoms with E-state index in [4.69, 9.17) is 0 Å². The first kappa shape index (κ1) is 24.8. The van der Waals surface area contributed by atoms with Crippen LogP contribution >= 0.6 is 11.3 Å². The van der Waals surface area contributed by atoms with Gasteiger partial charge in [0.25, 0.3) is 0 Å².